The quantitative estimate of drug-likeness (QED) is 0.723. The molecule has 1 aliphatic rings. The molecule has 1 aliphatic carbocycles. The van der Waals surface area contributed by atoms with Crippen LogP contribution in [-0.2, 0) is 0 Å². The summed E-state index contributed by atoms with van der Waals surface area (Å²) in [5.74, 6) is 2.84. The first-order valence-electron chi connectivity index (χ1n) is 6.88. The molecule has 1 heteroatoms. The lowest BCUT2D eigenvalue weighted by Gasteiger charge is -2.32. The number of rotatable bonds is 2. The molecule has 0 amide bonds. The lowest BCUT2D eigenvalue weighted by atomic mass is 9.75. The first kappa shape index (κ1) is 17.4. The lowest BCUT2D eigenvalue weighted by Crippen LogP contribution is -2.29. The van der Waals surface area contributed by atoms with Gasteiger partial charge in [-0.1, -0.05) is 54.4 Å². The van der Waals surface area contributed by atoms with Gasteiger partial charge in [-0.2, -0.15) is 0 Å². The predicted octanol–water partition coefficient (Wildman–Crippen LogP) is 4.33. The van der Waals surface area contributed by atoms with Crippen LogP contribution in [0.4, 0.5) is 0 Å². The topological polar surface area (TPSA) is 12.0 Å². The molecule has 1 N–H and O–H groups in total. The molecule has 0 aliphatic heterocycles. The Morgan fingerprint density at radius 3 is 2.00 bits per heavy atom. The molecule has 3 unspecified atom stereocenters. The Hall–Kier alpha value is -0.0400. The van der Waals surface area contributed by atoms with Crippen LogP contribution in [0.3, 0.4) is 0 Å². The third-order valence-corrected chi connectivity index (χ3v) is 3.09. The molecule has 0 bridgehead atoms. The van der Waals surface area contributed by atoms with Crippen LogP contribution in [0.2, 0.25) is 0 Å². The summed E-state index contributed by atoms with van der Waals surface area (Å²) < 4.78 is 0. The van der Waals surface area contributed by atoms with Crippen molar-refractivity contribution in [3.63, 3.8) is 0 Å². The number of hydrogen-bond donors (Lipinski definition) is 1. The Bertz CT molecular complexity index is 112. The smallest absolute Gasteiger partial charge is 0.00209 e. The van der Waals surface area contributed by atoms with Gasteiger partial charge in [-0.3, -0.25) is 0 Å². The van der Waals surface area contributed by atoms with Crippen LogP contribution in [0.5, 0.6) is 0 Å². The van der Waals surface area contributed by atoms with E-state index in [-0.39, 0.29) is 0 Å². The fourth-order valence-corrected chi connectivity index (χ4v) is 2.20. The second-order valence-electron chi connectivity index (χ2n) is 4.21. The van der Waals surface area contributed by atoms with Crippen molar-refractivity contribution in [2.75, 3.05) is 13.6 Å². The standard InChI is InChI=1S/C10H21N.2C2H6/c1-8-4-5-9(2)10(6-8)7-11-3;2*1-2/h8-11H,4-7H2,1-3H3;2*1-2H3. The van der Waals surface area contributed by atoms with Crippen molar-refractivity contribution in [1.29, 1.82) is 0 Å². The van der Waals surface area contributed by atoms with Gasteiger partial charge in [-0.25, -0.2) is 0 Å². The van der Waals surface area contributed by atoms with E-state index < -0.39 is 0 Å². The van der Waals surface area contributed by atoms with Crippen molar-refractivity contribution in [2.45, 2.75) is 60.8 Å². The minimum Gasteiger partial charge on any atom is -0.319 e. The van der Waals surface area contributed by atoms with Crippen LogP contribution >= 0.6 is 0 Å². The first-order chi connectivity index (χ1) is 7.24. The molecule has 15 heavy (non-hydrogen) atoms. The molecule has 1 fully saturated rings. The van der Waals surface area contributed by atoms with Crippen molar-refractivity contribution in [3.05, 3.63) is 0 Å². The van der Waals surface area contributed by atoms with E-state index in [4.69, 9.17) is 0 Å². The van der Waals surface area contributed by atoms with Gasteiger partial charge in [-0.05, 0) is 37.8 Å². The molecule has 1 rings (SSSR count). The van der Waals surface area contributed by atoms with E-state index in [0.717, 1.165) is 17.8 Å². The van der Waals surface area contributed by atoms with E-state index >= 15 is 0 Å². The van der Waals surface area contributed by atoms with E-state index in [1.807, 2.05) is 27.7 Å². The summed E-state index contributed by atoms with van der Waals surface area (Å²) in [7, 11) is 2.06. The van der Waals surface area contributed by atoms with E-state index in [0.29, 0.717) is 0 Å². The second kappa shape index (κ2) is 12.0. The average molecular weight is 215 g/mol. The van der Waals surface area contributed by atoms with Gasteiger partial charge in [0, 0.05) is 0 Å². The molecule has 0 spiro atoms. The molecule has 0 aromatic heterocycles. The summed E-state index contributed by atoms with van der Waals surface area (Å²) in [6.07, 6.45) is 4.32. The van der Waals surface area contributed by atoms with Crippen LogP contribution in [0.25, 0.3) is 0 Å². The molecule has 1 saturated carbocycles. The Labute approximate surface area is 98.0 Å². The van der Waals surface area contributed by atoms with E-state index in [1.54, 1.807) is 0 Å². The van der Waals surface area contributed by atoms with Gasteiger partial charge < -0.3 is 5.32 Å². The number of hydrogen-bond acceptors (Lipinski definition) is 1. The summed E-state index contributed by atoms with van der Waals surface area (Å²) in [5.41, 5.74) is 0. The minimum atomic E-state index is 0.934. The Kier molecular flexibility index (Phi) is 13.9. The van der Waals surface area contributed by atoms with Crippen LogP contribution in [-0.4, -0.2) is 13.6 Å². The molecule has 0 aromatic rings. The maximum absolute atomic E-state index is 3.29. The summed E-state index contributed by atoms with van der Waals surface area (Å²) in [5, 5.41) is 3.29. The van der Waals surface area contributed by atoms with Crippen LogP contribution in [0, 0.1) is 17.8 Å². The lowest BCUT2D eigenvalue weighted by molar-refractivity contribution is 0.202. The van der Waals surface area contributed by atoms with Crippen molar-refractivity contribution < 1.29 is 0 Å². The van der Waals surface area contributed by atoms with Crippen LogP contribution < -0.4 is 5.32 Å². The maximum atomic E-state index is 3.29. The van der Waals surface area contributed by atoms with Crippen molar-refractivity contribution in [1.82, 2.24) is 5.32 Å². The molecule has 0 heterocycles. The zero-order valence-corrected chi connectivity index (χ0v) is 12.1. The van der Waals surface area contributed by atoms with Gasteiger partial charge in [0.15, 0.2) is 0 Å². The molecule has 1 nitrogen and oxygen atoms in total. The van der Waals surface area contributed by atoms with Crippen LogP contribution in [0.1, 0.15) is 60.8 Å². The van der Waals surface area contributed by atoms with Crippen molar-refractivity contribution in [2.24, 2.45) is 17.8 Å². The second-order valence-corrected chi connectivity index (χ2v) is 4.21. The highest BCUT2D eigenvalue weighted by atomic mass is 14.8. The third kappa shape index (κ3) is 7.84. The molecule has 0 aromatic carbocycles. The molecule has 0 saturated heterocycles. The monoisotopic (exact) mass is 215 g/mol. The Balaban J connectivity index is 0. The van der Waals surface area contributed by atoms with Gasteiger partial charge >= 0.3 is 0 Å². The van der Waals surface area contributed by atoms with Crippen LogP contribution in [0.15, 0.2) is 0 Å². The zero-order valence-electron chi connectivity index (χ0n) is 12.1. The van der Waals surface area contributed by atoms with Gasteiger partial charge in [0.1, 0.15) is 0 Å². The highest BCUT2D eigenvalue weighted by Gasteiger charge is 2.24. The summed E-state index contributed by atoms with van der Waals surface area (Å²) in [6.45, 7) is 14.0. The zero-order chi connectivity index (χ0) is 12.3. The molecule has 94 valence electrons. The van der Waals surface area contributed by atoms with Gasteiger partial charge in [0.25, 0.3) is 0 Å². The first-order valence-corrected chi connectivity index (χ1v) is 6.88. The highest BCUT2D eigenvalue weighted by Crippen LogP contribution is 2.32. The summed E-state index contributed by atoms with van der Waals surface area (Å²) >= 11 is 0. The minimum absolute atomic E-state index is 0.934. The van der Waals surface area contributed by atoms with E-state index in [2.05, 4.69) is 26.2 Å². The molecule has 0 radical (unpaired) electrons. The maximum Gasteiger partial charge on any atom is -0.00209 e. The average Bonchev–Trinajstić information content (AvgIpc) is 2.29. The Morgan fingerprint density at radius 2 is 1.53 bits per heavy atom. The van der Waals surface area contributed by atoms with Crippen molar-refractivity contribution in [3.8, 4) is 0 Å². The third-order valence-electron chi connectivity index (χ3n) is 3.09. The highest BCUT2D eigenvalue weighted by molar-refractivity contribution is 4.76. The SMILES string of the molecule is CC.CC.CNCC1CC(C)CCC1C. The molecular formula is C14H33N. The number of nitrogens with one attached hydrogen (secondary N) is 1. The van der Waals surface area contributed by atoms with Gasteiger partial charge in [-0.15, -0.1) is 0 Å². The largest absolute Gasteiger partial charge is 0.319 e. The normalized spacial score (nSPS) is 29.4. The summed E-state index contributed by atoms with van der Waals surface area (Å²) in [4.78, 5) is 0. The molecular weight excluding hydrogens is 182 g/mol. The van der Waals surface area contributed by atoms with Gasteiger partial charge in [0.2, 0.25) is 0 Å². The predicted molar refractivity (Wildman–Crippen MR) is 72.3 cm³/mol. The fraction of sp³-hybridized carbons (Fsp3) is 1.00. The fourth-order valence-electron chi connectivity index (χ4n) is 2.20. The van der Waals surface area contributed by atoms with Gasteiger partial charge in [0.05, 0.1) is 0 Å². The van der Waals surface area contributed by atoms with E-state index in [9.17, 15) is 0 Å². The Morgan fingerprint density at radius 1 is 1.00 bits per heavy atom. The van der Waals surface area contributed by atoms with E-state index in [1.165, 1.54) is 25.8 Å². The molecule has 3 atom stereocenters. The van der Waals surface area contributed by atoms with Crippen molar-refractivity contribution >= 4 is 0 Å². The summed E-state index contributed by atoms with van der Waals surface area (Å²) in [6, 6.07) is 0.